The number of benzene rings is 1. The Kier molecular flexibility index (Phi) is 4.50. The van der Waals surface area contributed by atoms with Crippen LogP contribution in [0, 0.1) is 13.8 Å². The molecule has 0 unspecified atom stereocenters. The molecule has 1 aromatic carbocycles. The number of hydrogen-bond donors (Lipinski definition) is 1. The van der Waals surface area contributed by atoms with E-state index >= 15 is 0 Å². The highest BCUT2D eigenvalue weighted by molar-refractivity contribution is 9.11. The predicted octanol–water partition coefficient (Wildman–Crippen LogP) is 3.89. The molecule has 1 aromatic heterocycles. The van der Waals surface area contributed by atoms with Crippen LogP contribution < -0.4 is 5.43 Å². The molecule has 0 bridgehead atoms. The molecule has 0 aliphatic heterocycles. The van der Waals surface area contributed by atoms with E-state index < -0.39 is 0 Å². The third-order valence-corrected chi connectivity index (χ3v) is 4.28. The van der Waals surface area contributed by atoms with Crippen LogP contribution in [0.4, 0.5) is 0 Å². The summed E-state index contributed by atoms with van der Waals surface area (Å²) in [6.45, 7) is 4.00. The van der Waals surface area contributed by atoms with Gasteiger partial charge in [-0.1, -0.05) is 6.07 Å². The smallest absolute Gasteiger partial charge is 0.267 e. The Morgan fingerprint density at radius 2 is 2.05 bits per heavy atom. The van der Waals surface area contributed by atoms with Crippen molar-refractivity contribution in [2.75, 3.05) is 0 Å². The fraction of sp³-hybridized carbons (Fsp3) is 0.143. The molecule has 19 heavy (non-hydrogen) atoms. The number of aryl methyl sites for hydroxylation is 2. The van der Waals surface area contributed by atoms with Crippen molar-refractivity contribution in [3.63, 3.8) is 0 Å². The summed E-state index contributed by atoms with van der Waals surface area (Å²) in [6.07, 6.45) is 1.63. The molecule has 0 fully saturated rings. The summed E-state index contributed by atoms with van der Waals surface area (Å²) in [5.41, 5.74) is 5.41. The van der Waals surface area contributed by atoms with Crippen molar-refractivity contribution in [1.29, 1.82) is 0 Å². The summed E-state index contributed by atoms with van der Waals surface area (Å²) < 4.78 is 1.04. The van der Waals surface area contributed by atoms with Gasteiger partial charge in [0.05, 0.1) is 10.0 Å². The Morgan fingerprint density at radius 1 is 1.26 bits per heavy atom. The van der Waals surface area contributed by atoms with Gasteiger partial charge in [-0.15, -0.1) is 11.3 Å². The SMILES string of the molecule is Cc1ccc(C(=O)N/N=C/c2ccc(Br)s2)cc1C. The number of halogens is 1. The number of amides is 1. The van der Waals surface area contributed by atoms with E-state index in [0.29, 0.717) is 5.56 Å². The van der Waals surface area contributed by atoms with Crippen molar-refractivity contribution in [1.82, 2.24) is 5.43 Å². The maximum atomic E-state index is 11.9. The molecule has 1 heterocycles. The van der Waals surface area contributed by atoms with Gasteiger partial charge in [-0.2, -0.15) is 5.10 Å². The Balaban J connectivity index is 2.01. The fourth-order valence-corrected chi connectivity index (χ4v) is 2.80. The number of carbonyl (C=O) groups excluding carboxylic acids is 1. The van der Waals surface area contributed by atoms with E-state index in [2.05, 4.69) is 26.5 Å². The van der Waals surface area contributed by atoms with Crippen LogP contribution >= 0.6 is 27.3 Å². The molecule has 5 heteroatoms. The summed E-state index contributed by atoms with van der Waals surface area (Å²) in [7, 11) is 0. The first-order valence-electron chi connectivity index (χ1n) is 5.72. The first-order valence-corrected chi connectivity index (χ1v) is 7.33. The minimum absolute atomic E-state index is 0.199. The van der Waals surface area contributed by atoms with Gasteiger partial charge < -0.3 is 0 Å². The van der Waals surface area contributed by atoms with Crippen molar-refractivity contribution in [2.24, 2.45) is 5.10 Å². The maximum Gasteiger partial charge on any atom is 0.271 e. The zero-order valence-corrected chi connectivity index (χ0v) is 13.0. The number of thiophene rings is 1. The minimum Gasteiger partial charge on any atom is -0.267 e. The van der Waals surface area contributed by atoms with E-state index in [1.54, 1.807) is 23.6 Å². The van der Waals surface area contributed by atoms with E-state index in [-0.39, 0.29) is 5.91 Å². The van der Waals surface area contributed by atoms with Crippen LogP contribution in [0.15, 0.2) is 39.2 Å². The molecule has 1 amide bonds. The van der Waals surface area contributed by atoms with Crippen molar-refractivity contribution in [2.45, 2.75) is 13.8 Å². The highest BCUT2D eigenvalue weighted by Gasteiger charge is 2.05. The topological polar surface area (TPSA) is 41.5 Å². The van der Waals surface area contributed by atoms with E-state index in [1.807, 2.05) is 38.1 Å². The fourth-order valence-electron chi connectivity index (χ4n) is 1.50. The minimum atomic E-state index is -0.199. The number of nitrogens with zero attached hydrogens (tertiary/aromatic N) is 1. The summed E-state index contributed by atoms with van der Waals surface area (Å²) in [6, 6.07) is 9.47. The predicted molar refractivity (Wildman–Crippen MR) is 83.0 cm³/mol. The van der Waals surface area contributed by atoms with Gasteiger partial charge in [-0.05, 0) is 65.2 Å². The average molecular weight is 337 g/mol. The lowest BCUT2D eigenvalue weighted by molar-refractivity contribution is 0.0955. The van der Waals surface area contributed by atoms with E-state index in [1.165, 1.54) is 5.56 Å². The van der Waals surface area contributed by atoms with Crippen LogP contribution in [0.3, 0.4) is 0 Å². The van der Waals surface area contributed by atoms with Gasteiger partial charge in [-0.3, -0.25) is 4.79 Å². The van der Waals surface area contributed by atoms with Gasteiger partial charge in [0, 0.05) is 10.4 Å². The van der Waals surface area contributed by atoms with Crippen LogP contribution in [0.2, 0.25) is 0 Å². The molecule has 98 valence electrons. The van der Waals surface area contributed by atoms with Crippen molar-refractivity contribution < 1.29 is 4.79 Å². The third-order valence-electron chi connectivity index (χ3n) is 2.72. The van der Waals surface area contributed by atoms with Gasteiger partial charge in [0.1, 0.15) is 0 Å². The highest BCUT2D eigenvalue weighted by atomic mass is 79.9. The Bertz CT molecular complexity index is 634. The lowest BCUT2D eigenvalue weighted by Crippen LogP contribution is -2.17. The molecule has 0 atom stereocenters. The molecule has 0 saturated carbocycles. The molecule has 3 nitrogen and oxygen atoms in total. The number of nitrogens with one attached hydrogen (secondary N) is 1. The largest absolute Gasteiger partial charge is 0.271 e. The Morgan fingerprint density at radius 3 is 2.68 bits per heavy atom. The molecule has 2 aromatic rings. The monoisotopic (exact) mass is 336 g/mol. The number of hydrazone groups is 1. The summed E-state index contributed by atoms with van der Waals surface area (Å²) in [5.74, 6) is -0.199. The number of rotatable bonds is 3. The third kappa shape index (κ3) is 3.75. The van der Waals surface area contributed by atoms with E-state index in [4.69, 9.17) is 0 Å². The molecule has 1 N–H and O–H groups in total. The van der Waals surface area contributed by atoms with Crippen molar-refractivity contribution in [3.05, 3.63) is 55.7 Å². The first-order chi connectivity index (χ1) is 9.06. The Hall–Kier alpha value is -1.46. The zero-order chi connectivity index (χ0) is 13.8. The summed E-state index contributed by atoms with van der Waals surface area (Å²) >= 11 is 4.93. The molecule has 0 radical (unpaired) electrons. The van der Waals surface area contributed by atoms with Gasteiger partial charge in [0.15, 0.2) is 0 Å². The standard InChI is InChI=1S/C14H13BrN2OS/c1-9-3-4-11(7-10(9)2)14(18)17-16-8-12-5-6-13(15)19-12/h3-8H,1-2H3,(H,17,18)/b16-8+. The first kappa shape index (κ1) is 14.0. The van der Waals surface area contributed by atoms with Crippen molar-refractivity contribution >= 4 is 39.4 Å². The number of carbonyl (C=O) groups is 1. The lowest BCUT2D eigenvalue weighted by Gasteiger charge is -2.03. The van der Waals surface area contributed by atoms with Gasteiger partial charge in [0.2, 0.25) is 0 Å². The van der Waals surface area contributed by atoms with Crippen LogP contribution in [0.5, 0.6) is 0 Å². The Labute approximate surface area is 124 Å². The molecule has 0 saturated heterocycles. The maximum absolute atomic E-state index is 11.9. The summed E-state index contributed by atoms with van der Waals surface area (Å²) in [5, 5.41) is 3.95. The zero-order valence-electron chi connectivity index (χ0n) is 10.6. The van der Waals surface area contributed by atoms with Crippen molar-refractivity contribution in [3.8, 4) is 0 Å². The van der Waals surface area contributed by atoms with Crippen LogP contribution in [-0.2, 0) is 0 Å². The van der Waals surface area contributed by atoms with Crippen LogP contribution in [0.25, 0.3) is 0 Å². The molecule has 0 spiro atoms. The second-order valence-corrected chi connectivity index (χ2v) is 6.63. The van der Waals surface area contributed by atoms with E-state index in [0.717, 1.165) is 14.2 Å². The normalized spacial score (nSPS) is 10.9. The highest BCUT2D eigenvalue weighted by Crippen LogP contribution is 2.20. The van der Waals surface area contributed by atoms with Gasteiger partial charge in [-0.25, -0.2) is 5.43 Å². The van der Waals surface area contributed by atoms with Gasteiger partial charge >= 0.3 is 0 Å². The number of hydrogen-bond acceptors (Lipinski definition) is 3. The second-order valence-electron chi connectivity index (χ2n) is 4.14. The summed E-state index contributed by atoms with van der Waals surface area (Å²) in [4.78, 5) is 12.9. The average Bonchev–Trinajstić information content (AvgIpc) is 2.78. The lowest BCUT2D eigenvalue weighted by atomic mass is 10.1. The van der Waals surface area contributed by atoms with Crippen LogP contribution in [-0.4, -0.2) is 12.1 Å². The molecule has 0 aliphatic rings. The van der Waals surface area contributed by atoms with E-state index in [9.17, 15) is 4.79 Å². The molecule has 0 aliphatic carbocycles. The second kappa shape index (κ2) is 6.12. The molecular formula is C14H13BrN2OS. The molecular weight excluding hydrogens is 324 g/mol. The molecule has 2 rings (SSSR count). The quantitative estimate of drug-likeness (QED) is 0.670. The van der Waals surface area contributed by atoms with Crippen LogP contribution in [0.1, 0.15) is 26.4 Å². The van der Waals surface area contributed by atoms with Gasteiger partial charge in [0.25, 0.3) is 5.91 Å².